The Morgan fingerprint density at radius 3 is 2.48 bits per heavy atom. The van der Waals surface area contributed by atoms with Gasteiger partial charge in [0, 0.05) is 6.07 Å². The molecule has 1 aromatic carbocycles. The third-order valence-corrected chi connectivity index (χ3v) is 3.05. The normalized spacial score (nSPS) is 10.3. The number of nitrogens with two attached hydrogens (primary N) is 1. The molecule has 0 radical (unpaired) electrons. The maximum absolute atomic E-state index is 11.5. The van der Waals surface area contributed by atoms with Gasteiger partial charge in [-0.1, -0.05) is 31.5 Å². The number of anilines is 1. The van der Waals surface area contributed by atoms with Gasteiger partial charge in [-0.05, 0) is 25.0 Å². The van der Waals surface area contributed by atoms with Gasteiger partial charge in [-0.2, -0.15) is 5.10 Å². The number of hydrogen-bond donors (Lipinski definition) is 2. The number of hydrogen-bond acceptors (Lipinski definition) is 3. The Morgan fingerprint density at radius 1 is 1.33 bits per heavy atom. The first kappa shape index (κ1) is 17.2. The van der Waals surface area contributed by atoms with E-state index in [1.807, 2.05) is 37.3 Å². The van der Waals surface area contributed by atoms with Crippen LogP contribution in [-0.4, -0.2) is 22.2 Å². The van der Waals surface area contributed by atoms with Crippen molar-refractivity contribution >= 4 is 24.1 Å². The van der Waals surface area contributed by atoms with Crippen LogP contribution in [-0.2, 0) is 4.79 Å². The van der Waals surface area contributed by atoms with Crippen LogP contribution in [0.4, 0.5) is 5.82 Å². The predicted molar refractivity (Wildman–Crippen MR) is 87.3 cm³/mol. The molecule has 0 fully saturated rings. The van der Waals surface area contributed by atoms with E-state index in [0.29, 0.717) is 5.82 Å². The van der Waals surface area contributed by atoms with Crippen molar-refractivity contribution in [2.45, 2.75) is 26.7 Å². The van der Waals surface area contributed by atoms with Crippen molar-refractivity contribution in [1.82, 2.24) is 9.78 Å². The summed E-state index contributed by atoms with van der Waals surface area (Å²) in [5.41, 5.74) is 8.37. The monoisotopic (exact) mass is 308 g/mol. The Morgan fingerprint density at radius 2 is 1.95 bits per heavy atom. The van der Waals surface area contributed by atoms with Gasteiger partial charge < -0.3 is 11.1 Å². The third kappa shape index (κ3) is 4.06. The van der Waals surface area contributed by atoms with E-state index in [2.05, 4.69) is 24.3 Å². The second-order valence-corrected chi connectivity index (χ2v) is 5.11. The van der Waals surface area contributed by atoms with E-state index in [1.165, 1.54) is 5.56 Å². The number of amides is 1. The summed E-state index contributed by atoms with van der Waals surface area (Å²) in [4.78, 5) is 11.5. The lowest BCUT2D eigenvalue weighted by Crippen LogP contribution is -2.23. The van der Waals surface area contributed by atoms with Crippen molar-refractivity contribution in [1.29, 1.82) is 0 Å². The Bertz CT molecular complexity index is 605. The molecule has 0 saturated carbocycles. The van der Waals surface area contributed by atoms with Crippen molar-refractivity contribution in [3.8, 4) is 5.69 Å². The van der Waals surface area contributed by atoms with Gasteiger partial charge in [0.2, 0.25) is 5.91 Å². The van der Waals surface area contributed by atoms with E-state index < -0.39 is 0 Å². The first-order chi connectivity index (χ1) is 9.51. The quantitative estimate of drug-likeness (QED) is 0.912. The molecule has 2 rings (SSSR count). The van der Waals surface area contributed by atoms with Crippen molar-refractivity contribution in [3.63, 3.8) is 0 Å². The highest BCUT2D eigenvalue weighted by molar-refractivity contribution is 5.91. The predicted octanol–water partition coefficient (Wildman–Crippen LogP) is 2.62. The van der Waals surface area contributed by atoms with E-state index in [1.54, 1.807) is 4.68 Å². The van der Waals surface area contributed by atoms with Gasteiger partial charge in [-0.3, -0.25) is 4.79 Å². The summed E-state index contributed by atoms with van der Waals surface area (Å²) in [6, 6.07) is 9.87. The summed E-state index contributed by atoms with van der Waals surface area (Å²) < 4.78 is 1.74. The maximum atomic E-state index is 11.5. The fourth-order valence-corrected chi connectivity index (χ4v) is 1.85. The molecule has 0 atom stereocenters. The highest BCUT2D eigenvalue weighted by Gasteiger charge is 2.13. The summed E-state index contributed by atoms with van der Waals surface area (Å²) in [5.74, 6) is 0.705. The molecule has 0 bridgehead atoms. The molecular weight excluding hydrogens is 288 g/mol. The summed E-state index contributed by atoms with van der Waals surface area (Å²) in [6.45, 7) is 6.12. The van der Waals surface area contributed by atoms with Gasteiger partial charge in [0.15, 0.2) is 0 Å². The van der Waals surface area contributed by atoms with Gasteiger partial charge in [0.05, 0.1) is 17.9 Å². The highest BCUT2D eigenvalue weighted by atomic mass is 35.5. The Labute approximate surface area is 130 Å². The highest BCUT2D eigenvalue weighted by Crippen LogP contribution is 2.22. The number of aryl methyl sites for hydroxylation is 1. The van der Waals surface area contributed by atoms with E-state index in [4.69, 9.17) is 5.73 Å². The number of halogens is 1. The van der Waals surface area contributed by atoms with Crippen LogP contribution in [0.5, 0.6) is 0 Å². The van der Waals surface area contributed by atoms with Gasteiger partial charge >= 0.3 is 0 Å². The number of nitrogens with zero attached hydrogens (tertiary/aromatic N) is 2. The van der Waals surface area contributed by atoms with Crippen LogP contribution in [0.3, 0.4) is 0 Å². The number of aromatic nitrogens is 2. The van der Waals surface area contributed by atoms with Crippen molar-refractivity contribution in [3.05, 3.63) is 41.6 Å². The Balaban J connectivity index is 0.00000220. The van der Waals surface area contributed by atoms with Gasteiger partial charge in [-0.25, -0.2) is 4.68 Å². The smallest absolute Gasteiger partial charge is 0.239 e. The van der Waals surface area contributed by atoms with Crippen LogP contribution in [0.2, 0.25) is 0 Å². The lowest BCUT2D eigenvalue weighted by Gasteiger charge is -2.08. The molecule has 3 N–H and O–H groups in total. The average molecular weight is 309 g/mol. The van der Waals surface area contributed by atoms with E-state index in [0.717, 1.165) is 11.4 Å². The molecule has 1 aromatic heterocycles. The summed E-state index contributed by atoms with van der Waals surface area (Å²) >= 11 is 0. The zero-order valence-corrected chi connectivity index (χ0v) is 13.3. The van der Waals surface area contributed by atoms with Crippen LogP contribution in [0.15, 0.2) is 30.3 Å². The lowest BCUT2D eigenvalue weighted by atomic mass is 10.1. The zero-order chi connectivity index (χ0) is 14.7. The second-order valence-electron chi connectivity index (χ2n) is 5.11. The summed E-state index contributed by atoms with van der Waals surface area (Å²) in [7, 11) is 0. The number of carbonyl (C=O) groups is 1. The molecule has 5 nitrogen and oxygen atoms in total. The average Bonchev–Trinajstić information content (AvgIpc) is 2.83. The fourth-order valence-electron chi connectivity index (χ4n) is 1.85. The largest absolute Gasteiger partial charge is 0.322 e. The maximum Gasteiger partial charge on any atom is 0.239 e. The number of carbonyl (C=O) groups excluding carboxylic acids is 1. The molecule has 2 aromatic rings. The van der Waals surface area contributed by atoms with Crippen LogP contribution in [0.25, 0.3) is 5.69 Å². The van der Waals surface area contributed by atoms with Crippen LogP contribution in [0, 0.1) is 6.92 Å². The van der Waals surface area contributed by atoms with Crippen molar-refractivity contribution < 1.29 is 4.79 Å². The minimum absolute atomic E-state index is 0. The molecule has 21 heavy (non-hydrogen) atoms. The Kier molecular flexibility index (Phi) is 5.93. The molecular formula is C15H21ClN4O. The minimum Gasteiger partial charge on any atom is -0.322 e. The standard InChI is InChI=1S/C15H20N4O.ClH/c1-10(2)13-8-14(17-15(20)9-16)19(18-13)12-6-4-11(3)5-7-12;/h4-8,10H,9,16H2,1-3H3,(H,17,20);1H. The third-order valence-electron chi connectivity index (χ3n) is 3.05. The molecule has 0 spiro atoms. The number of rotatable bonds is 4. The van der Waals surface area contributed by atoms with Gasteiger partial charge in [0.1, 0.15) is 5.82 Å². The van der Waals surface area contributed by atoms with E-state index in [-0.39, 0.29) is 30.8 Å². The Hall–Kier alpha value is -1.85. The molecule has 0 aliphatic carbocycles. The minimum atomic E-state index is -0.228. The zero-order valence-electron chi connectivity index (χ0n) is 12.5. The van der Waals surface area contributed by atoms with Gasteiger partial charge in [-0.15, -0.1) is 12.4 Å². The summed E-state index contributed by atoms with van der Waals surface area (Å²) in [5, 5.41) is 7.34. The number of nitrogens with one attached hydrogen (secondary N) is 1. The molecule has 114 valence electrons. The second kappa shape index (κ2) is 7.24. The molecule has 0 unspecified atom stereocenters. The molecule has 0 aliphatic rings. The van der Waals surface area contributed by atoms with Gasteiger partial charge in [0.25, 0.3) is 0 Å². The molecule has 1 heterocycles. The van der Waals surface area contributed by atoms with Crippen molar-refractivity contribution in [2.75, 3.05) is 11.9 Å². The summed E-state index contributed by atoms with van der Waals surface area (Å²) in [6.07, 6.45) is 0. The first-order valence-corrected chi connectivity index (χ1v) is 6.68. The first-order valence-electron chi connectivity index (χ1n) is 6.68. The fraction of sp³-hybridized carbons (Fsp3) is 0.333. The lowest BCUT2D eigenvalue weighted by molar-refractivity contribution is -0.114. The molecule has 0 saturated heterocycles. The van der Waals surface area contributed by atoms with E-state index in [9.17, 15) is 4.79 Å². The van der Waals surface area contributed by atoms with Crippen LogP contribution in [0.1, 0.15) is 31.0 Å². The van der Waals surface area contributed by atoms with Crippen LogP contribution < -0.4 is 11.1 Å². The van der Waals surface area contributed by atoms with E-state index >= 15 is 0 Å². The molecule has 0 aliphatic heterocycles. The van der Waals surface area contributed by atoms with Crippen LogP contribution >= 0.6 is 12.4 Å². The topological polar surface area (TPSA) is 72.9 Å². The molecule has 1 amide bonds. The number of benzene rings is 1. The van der Waals surface area contributed by atoms with Crippen molar-refractivity contribution in [2.24, 2.45) is 5.73 Å². The molecule has 6 heteroatoms. The SMILES string of the molecule is Cc1ccc(-n2nc(C(C)C)cc2NC(=O)CN)cc1.Cl.